The highest BCUT2D eigenvalue weighted by atomic mass is 16.7. The highest BCUT2D eigenvalue weighted by Gasteiger charge is 2.35. The van der Waals surface area contributed by atoms with Crippen LogP contribution >= 0.6 is 0 Å². The number of rotatable bonds is 7. The number of esters is 1. The number of methoxy groups -OCH3 is 3. The van der Waals surface area contributed by atoms with Crippen molar-refractivity contribution in [3.63, 3.8) is 0 Å². The summed E-state index contributed by atoms with van der Waals surface area (Å²) >= 11 is 0. The predicted octanol–water partition coefficient (Wildman–Crippen LogP) is 3.06. The molecule has 2 heterocycles. The van der Waals surface area contributed by atoms with E-state index in [1.54, 1.807) is 35.4 Å². The number of benzene rings is 2. The Bertz CT molecular complexity index is 1150. The normalized spacial score (nSPS) is 16.6. The van der Waals surface area contributed by atoms with Crippen molar-refractivity contribution < 1.29 is 38.4 Å². The van der Waals surface area contributed by atoms with Gasteiger partial charge in [-0.2, -0.15) is 0 Å². The van der Waals surface area contributed by atoms with Gasteiger partial charge in [-0.25, -0.2) is 9.59 Å². The van der Waals surface area contributed by atoms with Crippen molar-refractivity contribution in [2.45, 2.75) is 12.5 Å². The van der Waals surface area contributed by atoms with Crippen LogP contribution in [0, 0.1) is 0 Å². The summed E-state index contributed by atoms with van der Waals surface area (Å²) in [6, 6.07) is 10.5. The summed E-state index contributed by atoms with van der Waals surface area (Å²) in [4.78, 5) is 26.6. The van der Waals surface area contributed by atoms with E-state index in [1.165, 1.54) is 27.5 Å². The number of ether oxygens (including phenoxy) is 5. The summed E-state index contributed by atoms with van der Waals surface area (Å²) < 4.78 is 26.4. The average Bonchev–Trinajstić information content (AvgIpc) is 3.30. The van der Waals surface area contributed by atoms with Gasteiger partial charge in [-0.15, -0.1) is 0 Å². The fraction of sp³-hybridized carbons (Fsp3) is 0.250. The molecule has 0 saturated heterocycles. The molecule has 0 amide bonds. The number of carboxylic acid groups (broad SMARTS) is 1. The van der Waals surface area contributed by atoms with Crippen LogP contribution in [-0.4, -0.2) is 50.1 Å². The van der Waals surface area contributed by atoms with Gasteiger partial charge in [-0.3, -0.25) is 0 Å². The number of carbonyl (C=O) groups is 2. The number of carbonyl (C=O) groups excluding carboxylic acids is 1. The van der Waals surface area contributed by atoms with Crippen LogP contribution < -0.4 is 18.9 Å². The molecule has 33 heavy (non-hydrogen) atoms. The molecular formula is C24H23NO8. The topological polar surface area (TPSA) is 104 Å². The van der Waals surface area contributed by atoms with Crippen molar-refractivity contribution in [2.75, 3.05) is 28.1 Å². The molecule has 2 aliphatic rings. The van der Waals surface area contributed by atoms with E-state index in [1.807, 2.05) is 12.1 Å². The molecule has 4 rings (SSSR count). The minimum absolute atomic E-state index is 0.0193. The Hall–Kier alpha value is -4.14. The van der Waals surface area contributed by atoms with E-state index in [0.29, 0.717) is 35.1 Å². The molecule has 0 saturated carbocycles. The van der Waals surface area contributed by atoms with E-state index in [4.69, 9.17) is 23.7 Å². The van der Waals surface area contributed by atoms with Gasteiger partial charge in [0.25, 0.3) is 0 Å². The van der Waals surface area contributed by atoms with Crippen molar-refractivity contribution in [1.29, 1.82) is 0 Å². The van der Waals surface area contributed by atoms with Gasteiger partial charge in [0.05, 0.1) is 38.4 Å². The zero-order valence-electron chi connectivity index (χ0n) is 18.4. The second kappa shape index (κ2) is 9.15. The molecule has 9 nitrogen and oxygen atoms in total. The van der Waals surface area contributed by atoms with Crippen molar-refractivity contribution >= 4 is 11.9 Å². The van der Waals surface area contributed by atoms with Crippen LogP contribution in [0.3, 0.4) is 0 Å². The van der Waals surface area contributed by atoms with Crippen LogP contribution in [0.1, 0.15) is 17.0 Å². The van der Waals surface area contributed by atoms with Crippen LogP contribution in [0.25, 0.3) is 0 Å². The Balaban J connectivity index is 1.74. The molecule has 2 aromatic rings. The van der Waals surface area contributed by atoms with Crippen molar-refractivity contribution in [2.24, 2.45) is 0 Å². The van der Waals surface area contributed by atoms with E-state index < -0.39 is 17.9 Å². The summed E-state index contributed by atoms with van der Waals surface area (Å²) in [5, 5.41) is 10.0. The smallest absolute Gasteiger partial charge is 0.336 e. The maximum atomic E-state index is 12.7. The van der Waals surface area contributed by atoms with Crippen LogP contribution in [0.4, 0.5) is 0 Å². The van der Waals surface area contributed by atoms with Gasteiger partial charge in [-0.1, -0.05) is 12.1 Å². The van der Waals surface area contributed by atoms with Gasteiger partial charge < -0.3 is 33.7 Å². The largest absolute Gasteiger partial charge is 0.493 e. The lowest BCUT2D eigenvalue weighted by atomic mass is 9.83. The fourth-order valence-corrected chi connectivity index (χ4v) is 3.91. The molecule has 0 aromatic heterocycles. The summed E-state index contributed by atoms with van der Waals surface area (Å²) in [7, 11) is 4.25. The lowest BCUT2D eigenvalue weighted by molar-refractivity contribution is -0.136. The van der Waals surface area contributed by atoms with E-state index in [-0.39, 0.29) is 17.9 Å². The first-order valence-corrected chi connectivity index (χ1v) is 10.1. The van der Waals surface area contributed by atoms with Crippen LogP contribution in [-0.2, 0) is 20.9 Å². The van der Waals surface area contributed by atoms with Gasteiger partial charge in [0.15, 0.2) is 23.0 Å². The van der Waals surface area contributed by atoms with E-state index in [0.717, 1.165) is 5.56 Å². The molecule has 0 spiro atoms. The summed E-state index contributed by atoms with van der Waals surface area (Å²) in [5.41, 5.74) is 1.61. The van der Waals surface area contributed by atoms with Gasteiger partial charge in [0, 0.05) is 18.9 Å². The van der Waals surface area contributed by atoms with Gasteiger partial charge in [0.2, 0.25) is 6.79 Å². The molecule has 9 heteroatoms. The Morgan fingerprint density at radius 2 is 1.70 bits per heavy atom. The zero-order valence-corrected chi connectivity index (χ0v) is 18.4. The Morgan fingerprint density at radius 3 is 2.39 bits per heavy atom. The van der Waals surface area contributed by atoms with Gasteiger partial charge >= 0.3 is 11.9 Å². The maximum Gasteiger partial charge on any atom is 0.336 e. The standard InChI is InChI=1S/C24H23NO8/c1-29-18-7-5-15(9-20(18)30-2)22-16(23(26)27)11-25(12-17(22)24(28)31-3)10-14-4-6-19-21(8-14)33-13-32-19/h4-9,11-12,22H,10,13H2,1-3H3,(H,26,27). The second-order valence-electron chi connectivity index (χ2n) is 7.37. The molecular weight excluding hydrogens is 430 g/mol. The highest BCUT2D eigenvalue weighted by molar-refractivity contribution is 5.98. The van der Waals surface area contributed by atoms with Gasteiger partial charge in [0.1, 0.15) is 0 Å². The summed E-state index contributed by atoms with van der Waals surface area (Å²) in [6.45, 7) is 0.470. The average molecular weight is 453 g/mol. The van der Waals surface area contributed by atoms with E-state index >= 15 is 0 Å². The molecule has 1 N–H and O–H groups in total. The Kier molecular flexibility index (Phi) is 6.12. The van der Waals surface area contributed by atoms with Crippen molar-refractivity contribution in [1.82, 2.24) is 4.90 Å². The lowest BCUT2D eigenvalue weighted by Crippen LogP contribution is -2.28. The van der Waals surface area contributed by atoms with Crippen LogP contribution in [0.2, 0.25) is 0 Å². The minimum atomic E-state index is -1.15. The quantitative estimate of drug-likeness (QED) is 0.634. The molecule has 172 valence electrons. The number of nitrogens with zero attached hydrogens (tertiary/aromatic N) is 1. The molecule has 0 radical (unpaired) electrons. The second-order valence-corrected chi connectivity index (χ2v) is 7.37. The fourth-order valence-electron chi connectivity index (χ4n) is 3.91. The molecule has 0 bridgehead atoms. The summed E-state index contributed by atoms with van der Waals surface area (Å²) in [6.07, 6.45) is 3.12. The number of fused-ring (bicyclic) bond motifs is 1. The monoisotopic (exact) mass is 453 g/mol. The van der Waals surface area contributed by atoms with E-state index in [9.17, 15) is 14.7 Å². The number of carboxylic acids is 1. The molecule has 2 aromatic carbocycles. The first-order chi connectivity index (χ1) is 15.9. The van der Waals surface area contributed by atoms with Crippen molar-refractivity contribution in [3.05, 3.63) is 71.1 Å². The van der Waals surface area contributed by atoms with Crippen LogP contribution in [0.15, 0.2) is 59.9 Å². The third-order valence-corrected chi connectivity index (χ3v) is 5.44. The first kappa shape index (κ1) is 22.1. The molecule has 0 aliphatic carbocycles. The molecule has 1 atom stereocenters. The van der Waals surface area contributed by atoms with Gasteiger partial charge in [-0.05, 0) is 35.4 Å². The molecule has 0 fully saturated rings. The SMILES string of the molecule is COC(=O)C1=CN(Cc2ccc3c(c2)OCO3)C=C(C(=O)O)C1c1ccc(OC)c(OC)c1. The number of hydrogen-bond acceptors (Lipinski definition) is 8. The third kappa shape index (κ3) is 4.30. The third-order valence-electron chi connectivity index (χ3n) is 5.44. The highest BCUT2D eigenvalue weighted by Crippen LogP contribution is 2.40. The Labute approximate surface area is 190 Å². The summed E-state index contributed by atoms with van der Waals surface area (Å²) in [5.74, 6) is -0.455. The predicted molar refractivity (Wildman–Crippen MR) is 116 cm³/mol. The number of hydrogen-bond donors (Lipinski definition) is 1. The van der Waals surface area contributed by atoms with Crippen LogP contribution in [0.5, 0.6) is 23.0 Å². The minimum Gasteiger partial charge on any atom is -0.493 e. The van der Waals surface area contributed by atoms with Crippen molar-refractivity contribution in [3.8, 4) is 23.0 Å². The maximum absolute atomic E-state index is 12.7. The molecule has 1 unspecified atom stereocenters. The zero-order chi connectivity index (χ0) is 23.5. The molecule has 2 aliphatic heterocycles. The lowest BCUT2D eigenvalue weighted by Gasteiger charge is -2.30. The Morgan fingerprint density at radius 1 is 0.970 bits per heavy atom. The number of aliphatic carboxylic acids is 1. The first-order valence-electron chi connectivity index (χ1n) is 10.1. The van der Waals surface area contributed by atoms with E-state index in [2.05, 4.69) is 0 Å².